The Labute approximate surface area is 90.3 Å². The van der Waals surface area contributed by atoms with E-state index in [2.05, 4.69) is 23.9 Å². The van der Waals surface area contributed by atoms with Crippen LogP contribution in [-0.2, 0) is 6.54 Å². The highest BCUT2D eigenvalue weighted by molar-refractivity contribution is 4.97. The highest BCUT2D eigenvalue weighted by Gasteiger charge is 2.47. The summed E-state index contributed by atoms with van der Waals surface area (Å²) in [5.74, 6) is 0.769. The van der Waals surface area contributed by atoms with Gasteiger partial charge in [0.15, 0.2) is 0 Å². The number of nitrogens with zero attached hydrogens (tertiary/aromatic N) is 3. The summed E-state index contributed by atoms with van der Waals surface area (Å²) in [5.41, 5.74) is -0.595. The zero-order chi connectivity index (χ0) is 10.9. The molecule has 1 N–H and O–H groups in total. The molecule has 4 heteroatoms. The molecule has 1 heterocycles. The van der Waals surface area contributed by atoms with Crippen LogP contribution in [0.2, 0.25) is 0 Å². The van der Waals surface area contributed by atoms with Crippen molar-refractivity contribution in [3.05, 3.63) is 12.7 Å². The summed E-state index contributed by atoms with van der Waals surface area (Å²) in [5, 5.41) is 14.8. The summed E-state index contributed by atoms with van der Waals surface area (Å²) in [6.07, 6.45) is 6.49. The zero-order valence-electron chi connectivity index (χ0n) is 9.43. The Hall–Kier alpha value is -0.900. The van der Waals surface area contributed by atoms with Crippen LogP contribution < -0.4 is 0 Å². The summed E-state index contributed by atoms with van der Waals surface area (Å²) >= 11 is 0. The molecule has 2 rings (SSSR count). The van der Waals surface area contributed by atoms with Crippen molar-refractivity contribution in [3.63, 3.8) is 0 Å². The minimum absolute atomic E-state index is 0.314. The molecule has 84 valence electrons. The van der Waals surface area contributed by atoms with Crippen molar-refractivity contribution in [2.45, 2.75) is 45.3 Å². The minimum atomic E-state index is -0.595. The maximum atomic E-state index is 10.7. The van der Waals surface area contributed by atoms with Gasteiger partial charge in [-0.05, 0) is 24.7 Å². The van der Waals surface area contributed by atoms with Gasteiger partial charge in [0.1, 0.15) is 12.7 Å². The van der Waals surface area contributed by atoms with Crippen molar-refractivity contribution in [3.8, 4) is 0 Å². The molecule has 4 nitrogen and oxygen atoms in total. The van der Waals surface area contributed by atoms with Crippen molar-refractivity contribution in [1.82, 2.24) is 14.8 Å². The average molecular weight is 209 g/mol. The van der Waals surface area contributed by atoms with E-state index in [4.69, 9.17) is 0 Å². The Balaban J connectivity index is 2.12. The van der Waals surface area contributed by atoms with Gasteiger partial charge in [0.25, 0.3) is 0 Å². The van der Waals surface area contributed by atoms with E-state index in [1.165, 1.54) is 6.33 Å². The normalized spacial score (nSPS) is 22.3. The molecule has 2 atom stereocenters. The number of rotatable bonds is 5. The Morgan fingerprint density at radius 1 is 1.60 bits per heavy atom. The van der Waals surface area contributed by atoms with Crippen LogP contribution in [0.5, 0.6) is 0 Å². The molecule has 1 aliphatic rings. The molecule has 0 aromatic carbocycles. The topological polar surface area (TPSA) is 50.9 Å². The fourth-order valence-corrected chi connectivity index (χ4v) is 2.20. The second-order valence-corrected chi connectivity index (χ2v) is 4.67. The van der Waals surface area contributed by atoms with Gasteiger partial charge in [-0.25, -0.2) is 4.98 Å². The van der Waals surface area contributed by atoms with E-state index in [0.717, 1.165) is 19.3 Å². The lowest BCUT2D eigenvalue weighted by atomic mass is 9.82. The van der Waals surface area contributed by atoms with Gasteiger partial charge >= 0.3 is 0 Å². The second kappa shape index (κ2) is 3.93. The Morgan fingerprint density at radius 2 is 2.33 bits per heavy atom. The fourth-order valence-electron chi connectivity index (χ4n) is 2.20. The lowest BCUT2D eigenvalue weighted by Crippen LogP contribution is -2.43. The molecular formula is C11H19N3O. The number of aromatic nitrogens is 3. The van der Waals surface area contributed by atoms with Crippen LogP contribution in [-0.4, -0.2) is 25.5 Å². The summed E-state index contributed by atoms with van der Waals surface area (Å²) < 4.78 is 1.74. The molecule has 0 saturated heterocycles. The third kappa shape index (κ3) is 2.04. The molecule has 1 aliphatic carbocycles. The van der Waals surface area contributed by atoms with Crippen LogP contribution in [0.3, 0.4) is 0 Å². The van der Waals surface area contributed by atoms with Gasteiger partial charge in [-0.15, -0.1) is 0 Å². The number of aliphatic hydroxyl groups is 1. The van der Waals surface area contributed by atoms with E-state index in [1.54, 1.807) is 11.0 Å². The molecule has 1 aromatic heterocycles. The molecule has 1 fully saturated rings. The van der Waals surface area contributed by atoms with E-state index in [9.17, 15) is 5.11 Å². The third-order valence-electron chi connectivity index (χ3n) is 3.63. The maximum absolute atomic E-state index is 10.7. The second-order valence-electron chi connectivity index (χ2n) is 4.67. The van der Waals surface area contributed by atoms with Gasteiger partial charge in [0, 0.05) is 0 Å². The van der Waals surface area contributed by atoms with E-state index >= 15 is 0 Å². The summed E-state index contributed by atoms with van der Waals surface area (Å²) in [6, 6.07) is 0. The van der Waals surface area contributed by atoms with Gasteiger partial charge in [-0.3, -0.25) is 4.68 Å². The van der Waals surface area contributed by atoms with Gasteiger partial charge in [-0.2, -0.15) is 5.10 Å². The van der Waals surface area contributed by atoms with Crippen LogP contribution in [0.15, 0.2) is 12.7 Å². The fraction of sp³-hybridized carbons (Fsp3) is 0.818. The molecular weight excluding hydrogens is 190 g/mol. The lowest BCUT2D eigenvalue weighted by molar-refractivity contribution is -0.0513. The Morgan fingerprint density at radius 3 is 2.80 bits per heavy atom. The van der Waals surface area contributed by atoms with Crippen LogP contribution in [0, 0.1) is 11.8 Å². The van der Waals surface area contributed by atoms with Crippen LogP contribution in [0.4, 0.5) is 0 Å². The zero-order valence-corrected chi connectivity index (χ0v) is 9.43. The average Bonchev–Trinajstić information content (AvgIpc) is 2.98. The maximum Gasteiger partial charge on any atom is 0.137 e. The number of hydrogen-bond donors (Lipinski definition) is 1. The van der Waals surface area contributed by atoms with Crippen LogP contribution in [0.25, 0.3) is 0 Å². The van der Waals surface area contributed by atoms with E-state index in [-0.39, 0.29) is 0 Å². The third-order valence-corrected chi connectivity index (χ3v) is 3.63. The standard InChI is InChI=1S/C11H19N3O/c1-3-9(2)11(15,10-4-5-10)6-14-8-12-7-13-14/h7-10,15H,3-6H2,1-2H3. The lowest BCUT2D eigenvalue weighted by Gasteiger charge is -2.33. The summed E-state index contributed by atoms with van der Waals surface area (Å²) in [6.45, 7) is 4.82. The van der Waals surface area contributed by atoms with E-state index in [1.807, 2.05) is 0 Å². The molecule has 15 heavy (non-hydrogen) atoms. The van der Waals surface area contributed by atoms with Crippen LogP contribution in [0.1, 0.15) is 33.1 Å². The molecule has 2 unspecified atom stereocenters. The van der Waals surface area contributed by atoms with Crippen molar-refractivity contribution in [2.75, 3.05) is 0 Å². The molecule has 0 radical (unpaired) electrons. The summed E-state index contributed by atoms with van der Waals surface area (Å²) in [7, 11) is 0. The first kappa shape index (κ1) is 10.6. The van der Waals surface area contributed by atoms with Crippen LogP contribution >= 0.6 is 0 Å². The first-order valence-corrected chi connectivity index (χ1v) is 5.71. The van der Waals surface area contributed by atoms with E-state index in [0.29, 0.717) is 18.4 Å². The molecule has 0 bridgehead atoms. The van der Waals surface area contributed by atoms with Crippen molar-refractivity contribution in [2.24, 2.45) is 11.8 Å². The molecule has 0 spiro atoms. The molecule has 0 amide bonds. The molecule has 1 aromatic rings. The van der Waals surface area contributed by atoms with Gasteiger partial charge in [-0.1, -0.05) is 20.3 Å². The summed E-state index contributed by atoms with van der Waals surface area (Å²) in [4.78, 5) is 3.91. The van der Waals surface area contributed by atoms with E-state index < -0.39 is 5.60 Å². The molecule has 0 aliphatic heterocycles. The van der Waals surface area contributed by atoms with Gasteiger partial charge in [0.2, 0.25) is 0 Å². The Kier molecular flexibility index (Phi) is 2.78. The van der Waals surface area contributed by atoms with Gasteiger partial charge < -0.3 is 5.11 Å². The first-order valence-electron chi connectivity index (χ1n) is 5.71. The van der Waals surface area contributed by atoms with Gasteiger partial charge in [0.05, 0.1) is 12.1 Å². The first-order chi connectivity index (χ1) is 7.16. The predicted octanol–water partition coefficient (Wildman–Crippen LogP) is 1.47. The monoisotopic (exact) mass is 209 g/mol. The Bertz CT molecular complexity index is 308. The van der Waals surface area contributed by atoms with Crippen molar-refractivity contribution < 1.29 is 5.11 Å². The van der Waals surface area contributed by atoms with Crippen molar-refractivity contribution >= 4 is 0 Å². The minimum Gasteiger partial charge on any atom is -0.387 e. The SMILES string of the molecule is CCC(C)C(O)(Cn1cncn1)C1CC1. The predicted molar refractivity (Wildman–Crippen MR) is 57.2 cm³/mol. The highest BCUT2D eigenvalue weighted by Crippen LogP contribution is 2.45. The largest absolute Gasteiger partial charge is 0.387 e. The number of hydrogen-bond acceptors (Lipinski definition) is 3. The van der Waals surface area contributed by atoms with Crippen molar-refractivity contribution in [1.29, 1.82) is 0 Å². The quantitative estimate of drug-likeness (QED) is 0.798. The highest BCUT2D eigenvalue weighted by atomic mass is 16.3. The smallest absolute Gasteiger partial charge is 0.137 e. The molecule has 1 saturated carbocycles.